The molecule has 180 valence electrons. The topological polar surface area (TPSA) is 92.9 Å². The highest BCUT2D eigenvalue weighted by Crippen LogP contribution is 2.24. The monoisotopic (exact) mass is 466 g/mol. The number of ether oxygens (including phenoxy) is 1. The average molecular weight is 467 g/mol. The lowest BCUT2D eigenvalue weighted by Crippen LogP contribution is -2.36. The summed E-state index contributed by atoms with van der Waals surface area (Å²) in [6, 6.07) is 16.1. The molecule has 0 unspecified atom stereocenters. The highest BCUT2D eigenvalue weighted by Gasteiger charge is 2.38. The molecule has 0 atom stereocenters. The Labute approximate surface area is 191 Å². The van der Waals surface area contributed by atoms with Crippen molar-refractivity contribution in [2.24, 2.45) is 5.73 Å². The van der Waals surface area contributed by atoms with Gasteiger partial charge < -0.3 is 20.5 Å². The van der Waals surface area contributed by atoms with Gasteiger partial charge in [0.2, 0.25) is 5.91 Å². The van der Waals surface area contributed by atoms with E-state index in [1.807, 2.05) is 42.5 Å². The zero-order chi connectivity index (χ0) is 24.4. The fourth-order valence-corrected chi connectivity index (χ4v) is 3.61. The Kier molecular flexibility index (Phi) is 9.72. The molecule has 0 aromatic heterocycles. The Morgan fingerprint density at radius 2 is 1.67 bits per heavy atom. The van der Waals surface area contributed by atoms with Crippen molar-refractivity contribution >= 4 is 11.9 Å². The maximum atomic E-state index is 11.3. The van der Waals surface area contributed by atoms with Gasteiger partial charge in [0.15, 0.2) is 0 Å². The van der Waals surface area contributed by atoms with Gasteiger partial charge >= 0.3 is 12.1 Å². The molecule has 9 heteroatoms. The van der Waals surface area contributed by atoms with Crippen molar-refractivity contribution < 1.29 is 32.6 Å². The number of hydrogen-bond donors (Lipinski definition) is 2. The Bertz CT molecular complexity index is 911. The number of rotatable bonds is 7. The van der Waals surface area contributed by atoms with Gasteiger partial charge in [-0.3, -0.25) is 4.79 Å². The number of aliphatic carboxylic acids is 1. The van der Waals surface area contributed by atoms with Crippen molar-refractivity contribution in [1.82, 2.24) is 4.90 Å². The molecule has 3 rings (SSSR count). The number of nitrogens with zero attached hydrogens (tertiary/aromatic N) is 1. The number of amides is 1. The van der Waals surface area contributed by atoms with Gasteiger partial charge in [-0.05, 0) is 55.3 Å². The SMILES string of the molecule is CN(CCOc1ccc(-c2cccc(C(N)=O)c2)cc1)C1CCCCC1.O=C(O)C(F)(F)F. The molecule has 0 aliphatic heterocycles. The fraction of sp³-hybridized carbons (Fsp3) is 0.417. The molecule has 0 radical (unpaired) electrons. The van der Waals surface area contributed by atoms with Crippen LogP contribution in [-0.2, 0) is 4.79 Å². The molecule has 6 nitrogen and oxygen atoms in total. The van der Waals surface area contributed by atoms with E-state index in [0.29, 0.717) is 18.2 Å². The van der Waals surface area contributed by atoms with Gasteiger partial charge in [-0.1, -0.05) is 43.5 Å². The predicted octanol–water partition coefficient (Wildman–Crippen LogP) is 4.73. The molecule has 0 spiro atoms. The second-order valence-electron chi connectivity index (χ2n) is 7.89. The third-order valence-corrected chi connectivity index (χ3v) is 5.49. The van der Waals surface area contributed by atoms with Gasteiger partial charge in [-0.2, -0.15) is 13.2 Å². The Morgan fingerprint density at radius 1 is 1.06 bits per heavy atom. The third kappa shape index (κ3) is 8.76. The number of nitrogens with two attached hydrogens (primary N) is 1. The van der Waals surface area contributed by atoms with Crippen molar-refractivity contribution in [3.8, 4) is 16.9 Å². The maximum Gasteiger partial charge on any atom is 0.490 e. The minimum Gasteiger partial charge on any atom is -0.492 e. The fourth-order valence-electron chi connectivity index (χ4n) is 3.61. The summed E-state index contributed by atoms with van der Waals surface area (Å²) in [5.74, 6) is -2.29. The molecule has 33 heavy (non-hydrogen) atoms. The van der Waals surface area contributed by atoms with Crippen molar-refractivity contribution in [3.05, 3.63) is 54.1 Å². The highest BCUT2D eigenvalue weighted by atomic mass is 19.4. The van der Waals surface area contributed by atoms with Crippen molar-refractivity contribution in [1.29, 1.82) is 0 Å². The maximum absolute atomic E-state index is 11.3. The predicted molar refractivity (Wildman–Crippen MR) is 119 cm³/mol. The van der Waals surface area contributed by atoms with Crippen LogP contribution < -0.4 is 10.5 Å². The minimum absolute atomic E-state index is 0.408. The zero-order valence-electron chi connectivity index (χ0n) is 18.5. The van der Waals surface area contributed by atoms with Crippen molar-refractivity contribution in [3.63, 3.8) is 0 Å². The molecule has 0 bridgehead atoms. The number of likely N-dealkylation sites (N-methyl/N-ethyl adjacent to an activating group) is 1. The summed E-state index contributed by atoms with van der Waals surface area (Å²) >= 11 is 0. The first-order chi connectivity index (χ1) is 15.6. The van der Waals surface area contributed by atoms with Gasteiger partial charge in [0, 0.05) is 18.2 Å². The van der Waals surface area contributed by atoms with E-state index in [9.17, 15) is 18.0 Å². The molecular formula is C24H29F3N2O4. The quantitative estimate of drug-likeness (QED) is 0.616. The van der Waals surface area contributed by atoms with Gasteiger partial charge in [0.05, 0.1) is 0 Å². The van der Waals surface area contributed by atoms with E-state index in [1.165, 1.54) is 32.1 Å². The van der Waals surface area contributed by atoms with Crippen LogP contribution in [0.2, 0.25) is 0 Å². The lowest BCUT2D eigenvalue weighted by atomic mass is 9.94. The molecule has 0 heterocycles. The van der Waals surface area contributed by atoms with Crippen LogP contribution in [0.25, 0.3) is 11.1 Å². The number of alkyl halides is 3. The second-order valence-corrected chi connectivity index (χ2v) is 7.89. The van der Waals surface area contributed by atoms with Gasteiger partial charge in [-0.15, -0.1) is 0 Å². The summed E-state index contributed by atoms with van der Waals surface area (Å²) in [6.07, 6.45) is 1.64. The number of carbonyl (C=O) groups excluding carboxylic acids is 1. The molecule has 2 aromatic rings. The van der Waals surface area contributed by atoms with Crippen LogP contribution in [0.3, 0.4) is 0 Å². The number of primary amides is 1. The Balaban J connectivity index is 0.000000479. The molecule has 2 aromatic carbocycles. The van der Waals surface area contributed by atoms with Crippen LogP contribution in [0, 0.1) is 0 Å². The molecule has 0 saturated heterocycles. The summed E-state index contributed by atoms with van der Waals surface area (Å²) < 4.78 is 37.6. The van der Waals surface area contributed by atoms with Crippen LogP contribution in [0.15, 0.2) is 48.5 Å². The third-order valence-electron chi connectivity index (χ3n) is 5.49. The Hall–Kier alpha value is -3.07. The number of benzene rings is 2. The minimum atomic E-state index is -5.08. The van der Waals surface area contributed by atoms with Crippen LogP contribution in [0.5, 0.6) is 5.75 Å². The highest BCUT2D eigenvalue weighted by molar-refractivity contribution is 5.94. The summed E-state index contributed by atoms with van der Waals surface area (Å²) in [5.41, 5.74) is 7.90. The Morgan fingerprint density at radius 3 is 2.21 bits per heavy atom. The lowest BCUT2D eigenvalue weighted by molar-refractivity contribution is -0.192. The van der Waals surface area contributed by atoms with E-state index in [4.69, 9.17) is 20.4 Å². The number of carboxylic acids is 1. The van der Waals surface area contributed by atoms with Crippen LogP contribution >= 0.6 is 0 Å². The van der Waals surface area contributed by atoms with E-state index >= 15 is 0 Å². The number of hydrogen-bond acceptors (Lipinski definition) is 4. The summed E-state index contributed by atoms with van der Waals surface area (Å²) in [7, 11) is 2.20. The van der Waals surface area contributed by atoms with Crippen molar-refractivity contribution in [2.45, 2.75) is 44.3 Å². The largest absolute Gasteiger partial charge is 0.492 e. The van der Waals surface area contributed by atoms with Crippen molar-refractivity contribution in [2.75, 3.05) is 20.2 Å². The smallest absolute Gasteiger partial charge is 0.490 e. The summed E-state index contributed by atoms with van der Waals surface area (Å²) in [5, 5.41) is 7.12. The van der Waals surface area contributed by atoms with E-state index in [0.717, 1.165) is 23.4 Å². The number of carboxylic acid groups (broad SMARTS) is 1. The van der Waals surface area contributed by atoms with Gasteiger partial charge in [0.25, 0.3) is 0 Å². The normalized spacial score (nSPS) is 14.3. The number of carbonyl (C=O) groups is 2. The standard InChI is InChI=1S/C22H28N2O2.C2HF3O2/c1-24(20-8-3-2-4-9-20)14-15-26-21-12-10-17(11-13-21)18-6-5-7-19(16-18)22(23)25;3-2(4,5)1(6)7/h5-7,10-13,16,20H,2-4,8-9,14-15H2,1H3,(H2,23,25);(H,6,7). The first kappa shape index (κ1) is 26.2. The first-order valence-corrected chi connectivity index (χ1v) is 10.7. The zero-order valence-corrected chi connectivity index (χ0v) is 18.5. The van der Waals surface area contributed by atoms with Gasteiger partial charge in [-0.25, -0.2) is 4.79 Å². The lowest BCUT2D eigenvalue weighted by Gasteiger charge is -2.31. The van der Waals surface area contributed by atoms with Crippen LogP contribution in [-0.4, -0.2) is 54.3 Å². The molecule has 1 fully saturated rings. The van der Waals surface area contributed by atoms with E-state index in [-0.39, 0.29) is 0 Å². The van der Waals surface area contributed by atoms with E-state index in [1.54, 1.807) is 6.07 Å². The molecule has 3 N–H and O–H groups in total. The molecule has 1 amide bonds. The van der Waals surface area contributed by atoms with Gasteiger partial charge in [0.1, 0.15) is 12.4 Å². The average Bonchev–Trinajstić information content (AvgIpc) is 2.80. The first-order valence-electron chi connectivity index (χ1n) is 10.7. The molecular weight excluding hydrogens is 437 g/mol. The summed E-state index contributed by atoms with van der Waals surface area (Å²) in [6.45, 7) is 1.65. The van der Waals surface area contributed by atoms with E-state index in [2.05, 4.69) is 11.9 Å². The van der Waals surface area contributed by atoms with Crippen LogP contribution in [0.1, 0.15) is 42.5 Å². The van der Waals surface area contributed by atoms with E-state index < -0.39 is 18.1 Å². The molecule has 1 aliphatic rings. The molecule has 1 aliphatic carbocycles. The molecule has 1 saturated carbocycles. The second kappa shape index (κ2) is 12.2. The number of halogens is 3. The van der Waals surface area contributed by atoms with Crippen LogP contribution in [0.4, 0.5) is 13.2 Å². The summed E-state index contributed by atoms with van der Waals surface area (Å²) in [4.78, 5) is 22.7.